The first-order valence-electron chi connectivity index (χ1n) is 5.03. The molecule has 0 saturated carbocycles. The Hall–Kier alpha value is -1.77. The molecule has 0 saturated heterocycles. The van der Waals surface area contributed by atoms with Crippen LogP contribution in [0.1, 0.15) is 18.4 Å². The van der Waals surface area contributed by atoms with E-state index in [1.165, 1.54) is 23.8 Å². The summed E-state index contributed by atoms with van der Waals surface area (Å²) in [6.45, 7) is 1.53. The fourth-order valence-electron chi connectivity index (χ4n) is 1.22. The third-order valence-corrected chi connectivity index (χ3v) is 3.51. The van der Waals surface area contributed by atoms with Gasteiger partial charge in [-0.3, -0.25) is 9.52 Å². The molecule has 5 nitrogen and oxygen atoms in total. The average molecular weight is 296 g/mol. The van der Waals surface area contributed by atoms with Crippen LogP contribution in [0.15, 0.2) is 24.3 Å². The smallest absolute Gasteiger partial charge is 0.369 e. The van der Waals surface area contributed by atoms with Crippen LogP contribution in [0.5, 0.6) is 0 Å². The zero-order chi connectivity index (χ0) is 14.8. The summed E-state index contributed by atoms with van der Waals surface area (Å²) in [5, 5.41) is 0. The van der Waals surface area contributed by atoms with Crippen LogP contribution in [0.3, 0.4) is 0 Å². The fraction of sp³-hybridized carbons (Fsp3) is 0.300. The predicted molar refractivity (Wildman–Crippen MR) is 62.6 cm³/mol. The quantitative estimate of drug-likeness (QED) is 0.883. The Balaban J connectivity index is 2.93. The maximum Gasteiger partial charge on any atom is 0.516 e. The van der Waals surface area contributed by atoms with Crippen LogP contribution >= 0.6 is 0 Å². The zero-order valence-corrected chi connectivity index (χ0v) is 10.5. The molecule has 1 aromatic carbocycles. The molecular weight excluding hydrogens is 285 g/mol. The lowest BCUT2D eigenvalue weighted by Crippen LogP contribution is -2.29. The monoisotopic (exact) mass is 296 g/mol. The van der Waals surface area contributed by atoms with E-state index in [1.54, 1.807) is 0 Å². The first-order valence-corrected chi connectivity index (χ1v) is 6.51. The highest BCUT2D eigenvalue weighted by atomic mass is 32.2. The summed E-state index contributed by atoms with van der Waals surface area (Å²) in [4.78, 5) is 10.9. The Bertz CT molecular complexity index is 567. The molecule has 0 aliphatic carbocycles. The van der Waals surface area contributed by atoms with E-state index in [4.69, 9.17) is 5.73 Å². The normalized spacial score (nSPS) is 13.9. The summed E-state index contributed by atoms with van der Waals surface area (Å²) in [6.07, 6.45) is 0. The van der Waals surface area contributed by atoms with Gasteiger partial charge in [-0.15, -0.1) is 0 Å². The molecular formula is C10H11F3N2O3S. The number of benzene rings is 1. The second-order valence-electron chi connectivity index (χ2n) is 3.80. The minimum absolute atomic E-state index is 0.252. The zero-order valence-electron chi connectivity index (χ0n) is 9.73. The number of anilines is 1. The number of amides is 1. The number of nitrogens with two attached hydrogens (primary N) is 1. The summed E-state index contributed by atoms with van der Waals surface area (Å²) >= 11 is 0. The highest BCUT2D eigenvalue weighted by Gasteiger charge is 2.45. The van der Waals surface area contributed by atoms with Crippen molar-refractivity contribution in [1.82, 2.24) is 0 Å². The highest BCUT2D eigenvalue weighted by molar-refractivity contribution is 7.93. The maximum absolute atomic E-state index is 12.1. The van der Waals surface area contributed by atoms with E-state index < -0.39 is 27.4 Å². The highest BCUT2D eigenvalue weighted by Crippen LogP contribution is 2.26. The number of nitrogens with one attached hydrogen (secondary N) is 1. The second kappa shape index (κ2) is 5.08. The number of carbonyl (C=O) groups is 1. The predicted octanol–water partition coefficient (Wildman–Crippen LogP) is 1.54. The molecule has 0 radical (unpaired) electrons. The van der Waals surface area contributed by atoms with Gasteiger partial charge >= 0.3 is 15.5 Å². The number of carbonyl (C=O) groups excluding carboxylic acids is 1. The van der Waals surface area contributed by atoms with Crippen LogP contribution in [0, 0.1) is 0 Å². The third-order valence-electron chi connectivity index (χ3n) is 2.39. The number of halogens is 3. The Morgan fingerprint density at radius 1 is 1.26 bits per heavy atom. The molecule has 1 amide bonds. The van der Waals surface area contributed by atoms with Crippen molar-refractivity contribution in [2.75, 3.05) is 4.72 Å². The van der Waals surface area contributed by atoms with Crippen LogP contribution < -0.4 is 10.5 Å². The van der Waals surface area contributed by atoms with Crippen molar-refractivity contribution in [3.8, 4) is 0 Å². The first-order chi connectivity index (χ1) is 8.54. The van der Waals surface area contributed by atoms with Crippen LogP contribution in [0.25, 0.3) is 0 Å². The van der Waals surface area contributed by atoms with Gasteiger partial charge in [0.05, 0.1) is 5.92 Å². The molecule has 0 bridgehead atoms. The van der Waals surface area contributed by atoms with E-state index in [-0.39, 0.29) is 5.69 Å². The van der Waals surface area contributed by atoms with Crippen LogP contribution in [-0.4, -0.2) is 19.8 Å². The van der Waals surface area contributed by atoms with Gasteiger partial charge in [0.2, 0.25) is 5.91 Å². The molecule has 1 aromatic rings. The molecule has 9 heteroatoms. The van der Waals surface area contributed by atoms with Crippen LogP contribution in [0.4, 0.5) is 18.9 Å². The average Bonchev–Trinajstić information content (AvgIpc) is 2.27. The molecule has 0 aliphatic rings. The van der Waals surface area contributed by atoms with Gasteiger partial charge in [0.25, 0.3) is 0 Å². The molecule has 0 heterocycles. The second-order valence-corrected chi connectivity index (χ2v) is 5.47. The van der Waals surface area contributed by atoms with Gasteiger partial charge in [-0.1, -0.05) is 12.1 Å². The van der Waals surface area contributed by atoms with Crippen molar-refractivity contribution in [3.05, 3.63) is 29.8 Å². The van der Waals surface area contributed by atoms with E-state index in [1.807, 2.05) is 0 Å². The van der Waals surface area contributed by atoms with Crippen molar-refractivity contribution in [2.24, 2.45) is 5.73 Å². The van der Waals surface area contributed by atoms with Crippen molar-refractivity contribution in [1.29, 1.82) is 0 Å². The molecule has 1 atom stereocenters. The van der Waals surface area contributed by atoms with Crippen molar-refractivity contribution in [3.63, 3.8) is 0 Å². The Morgan fingerprint density at radius 3 is 2.11 bits per heavy atom. The van der Waals surface area contributed by atoms with E-state index in [9.17, 15) is 26.4 Å². The van der Waals surface area contributed by atoms with E-state index >= 15 is 0 Å². The summed E-state index contributed by atoms with van der Waals surface area (Å²) in [5.41, 5.74) is -0.0947. The Kier molecular flexibility index (Phi) is 4.09. The van der Waals surface area contributed by atoms with Crippen molar-refractivity contribution >= 4 is 21.6 Å². The minimum Gasteiger partial charge on any atom is -0.369 e. The van der Waals surface area contributed by atoms with E-state index in [0.29, 0.717) is 5.56 Å². The lowest BCUT2D eigenvalue weighted by Gasteiger charge is -2.12. The van der Waals surface area contributed by atoms with Gasteiger partial charge in [-0.2, -0.15) is 21.6 Å². The largest absolute Gasteiger partial charge is 0.516 e. The van der Waals surface area contributed by atoms with E-state index in [0.717, 1.165) is 12.1 Å². The maximum atomic E-state index is 12.1. The van der Waals surface area contributed by atoms with E-state index in [2.05, 4.69) is 0 Å². The van der Waals surface area contributed by atoms with Crippen molar-refractivity contribution < 1.29 is 26.4 Å². The first kappa shape index (κ1) is 15.3. The molecule has 106 valence electrons. The molecule has 0 fully saturated rings. The SMILES string of the molecule is CC(C(N)=O)c1ccc(NS(=O)(=O)C(F)(F)F)cc1. The van der Waals surface area contributed by atoms with Crippen LogP contribution in [0.2, 0.25) is 0 Å². The molecule has 1 rings (SSSR count). The number of primary amides is 1. The van der Waals surface area contributed by atoms with Gasteiger partial charge in [0.15, 0.2) is 0 Å². The van der Waals surface area contributed by atoms with Crippen molar-refractivity contribution in [2.45, 2.75) is 18.3 Å². The summed E-state index contributed by atoms with van der Waals surface area (Å²) < 4.78 is 59.4. The number of alkyl halides is 3. The number of sulfonamides is 1. The Labute approximate surface area is 107 Å². The molecule has 1 unspecified atom stereocenters. The lowest BCUT2D eigenvalue weighted by molar-refractivity contribution is -0.119. The molecule has 19 heavy (non-hydrogen) atoms. The number of hydrogen-bond donors (Lipinski definition) is 2. The molecule has 3 N–H and O–H groups in total. The number of hydrogen-bond acceptors (Lipinski definition) is 3. The third kappa shape index (κ3) is 3.60. The van der Waals surface area contributed by atoms with Gasteiger partial charge in [0.1, 0.15) is 0 Å². The van der Waals surface area contributed by atoms with Gasteiger partial charge < -0.3 is 5.73 Å². The van der Waals surface area contributed by atoms with Gasteiger partial charge in [-0.05, 0) is 24.6 Å². The van der Waals surface area contributed by atoms with Gasteiger partial charge in [-0.25, -0.2) is 0 Å². The summed E-state index contributed by atoms with van der Waals surface area (Å²) in [5.74, 6) is -1.21. The molecule has 0 spiro atoms. The molecule has 0 aromatic heterocycles. The summed E-state index contributed by atoms with van der Waals surface area (Å²) in [6, 6.07) is 4.89. The van der Waals surface area contributed by atoms with Crippen LogP contribution in [-0.2, 0) is 14.8 Å². The number of rotatable bonds is 4. The molecule has 0 aliphatic heterocycles. The standard InChI is InChI=1S/C10H11F3N2O3S/c1-6(9(14)16)7-2-4-8(5-3-7)15-19(17,18)10(11,12)13/h2-6,15H,1H3,(H2,14,16). The van der Waals surface area contributed by atoms with Gasteiger partial charge in [0, 0.05) is 5.69 Å². The fourth-order valence-corrected chi connectivity index (χ4v) is 1.78. The lowest BCUT2D eigenvalue weighted by atomic mass is 10.0. The topological polar surface area (TPSA) is 89.3 Å². The minimum atomic E-state index is -5.44. The summed E-state index contributed by atoms with van der Waals surface area (Å²) in [7, 11) is -5.44. The Morgan fingerprint density at radius 2 is 1.74 bits per heavy atom.